The van der Waals surface area contributed by atoms with Crippen molar-refractivity contribution in [2.75, 3.05) is 14.1 Å². The predicted octanol–water partition coefficient (Wildman–Crippen LogP) is 5.50. The fourth-order valence-electron chi connectivity index (χ4n) is 3.62. The Morgan fingerprint density at radius 2 is 1.81 bits per heavy atom. The maximum Gasteiger partial charge on any atom is 0.433 e. The van der Waals surface area contributed by atoms with E-state index in [9.17, 15) is 22.8 Å². The molecular weight excluding hydrogens is 551 g/mol. The smallest absolute Gasteiger partial charge is 0.355 e. The number of nitrogens with one attached hydrogen (secondary N) is 2. The molecule has 2 N–H and O–H groups in total. The van der Waals surface area contributed by atoms with Gasteiger partial charge in [0.2, 0.25) is 0 Å². The summed E-state index contributed by atoms with van der Waals surface area (Å²) in [5.41, 5.74) is 1.63. The van der Waals surface area contributed by atoms with Crippen LogP contribution in [0.15, 0.2) is 63.3 Å². The summed E-state index contributed by atoms with van der Waals surface area (Å²) in [5.74, 6) is -0.944. The van der Waals surface area contributed by atoms with Crippen LogP contribution in [0.5, 0.6) is 0 Å². The number of alkyl halides is 3. The van der Waals surface area contributed by atoms with Crippen molar-refractivity contribution in [1.29, 1.82) is 0 Å². The van der Waals surface area contributed by atoms with E-state index in [2.05, 4.69) is 41.5 Å². The van der Waals surface area contributed by atoms with Gasteiger partial charge in [-0.05, 0) is 68.7 Å². The van der Waals surface area contributed by atoms with Gasteiger partial charge in [-0.15, -0.1) is 0 Å². The van der Waals surface area contributed by atoms with Gasteiger partial charge < -0.3 is 10.6 Å². The molecule has 11 heteroatoms. The highest BCUT2D eigenvalue weighted by atomic mass is 79.9. The quantitative estimate of drug-likeness (QED) is 0.364. The Labute approximate surface area is 220 Å². The molecule has 0 saturated carbocycles. The van der Waals surface area contributed by atoms with Crippen molar-refractivity contribution in [2.24, 2.45) is 4.99 Å². The van der Waals surface area contributed by atoms with E-state index in [1.54, 1.807) is 38.2 Å². The van der Waals surface area contributed by atoms with Crippen LogP contribution in [0.3, 0.4) is 0 Å². The zero-order chi connectivity index (χ0) is 27.3. The van der Waals surface area contributed by atoms with Gasteiger partial charge in [0.05, 0.1) is 28.1 Å². The topological polar surface area (TPSA) is 96.3 Å². The van der Waals surface area contributed by atoms with Gasteiger partial charge in [0, 0.05) is 35.8 Å². The number of aliphatic imine (C=N–C) groups is 1. The van der Waals surface area contributed by atoms with Crippen molar-refractivity contribution < 1.29 is 22.8 Å². The minimum Gasteiger partial charge on any atom is -0.355 e. The molecule has 0 spiro atoms. The molecule has 2 heterocycles. The minimum absolute atomic E-state index is 0.0533. The van der Waals surface area contributed by atoms with Crippen molar-refractivity contribution in [3.63, 3.8) is 0 Å². The summed E-state index contributed by atoms with van der Waals surface area (Å²) >= 11 is 3.30. The molecule has 0 atom stereocenters. The number of carbonyl (C=O) groups is 2. The summed E-state index contributed by atoms with van der Waals surface area (Å²) in [6.45, 7) is 3.52. The molecule has 0 fully saturated rings. The van der Waals surface area contributed by atoms with Crippen LogP contribution in [-0.4, -0.2) is 41.6 Å². The Balaban J connectivity index is 1.93. The Kier molecular flexibility index (Phi) is 8.80. The molecule has 1 aromatic carbocycles. The molecule has 0 bridgehead atoms. The van der Waals surface area contributed by atoms with E-state index < -0.39 is 17.8 Å². The van der Waals surface area contributed by atoms with E-state index >= 15 is 0 Å². The molecule has 7 nitrogen and oxygen atoms in total. The zero-order valence-electron chi connectivity index (χ0n) is 20.6. The SMILES string of the molecule is CN=C(C)/C(NC(=O)c1cc(C(F)(F)F)nc2ccc(Br)cc12)=C(/C)CCc1ccc(C(=O)NC)cn1. The Morgan fingerprint density at radius 1 is 1.08 bits per heavy atom. The van der Waals surface area contributed by atoms with Crippen molar-refractivity contribution in [1.82, 2.24) is 20.6 Å². The molecule has 0 aliphatic carbocycles. The Morgan fingerprint density at radius 3 is 2.41 bits per heavy atom. The van der Waals surface area contributed by atoms with E-state index in [4.69, 9.17) is 0 Å². The van der Waals surface area contributed by atoms with Gasteiger partial charge in [-0.25, -0.2) is 4.98 Å². The molecule has 194 valence electrons. The molecule has 3 aromatic rings. The summed E-state index contributed by atoms with van der Waals surface area (Å²) in [7, 11) is 3.10. The standard InChI is InChI=1S/C26H25BrF3N5O2/c1-14(5-8-18-9-6-16(13-33-18)24(36)32-4)23(15(2)31-3)35-25(37)20-12-22(26(28,29)30)34-21-10-7-17(27)11-19(20)21/h6-7,9-13H,5,8H2,1-4H3,(H,32,36)(H,35,37)/b23-14+,31-15?. The summed E-state index contributed by atoms with van der Waals surface area (Å²) in [4.78, 5) is 37.2. The van der Waals surface area contributed by atoms with Gasteiger partial charge in [-0.1, -0.05) is 15.9 Å². The Hall–Kier alpha value is -3.60. The van der Waals surface area contributed by atoms with Crippen LogP contribution in [0.2, 0.25) is 0 Å². The van der Waals surface area contributed by atoms with E-state index in [0.29, 0.717) is 34.3 Å². The number of halogens is 4. The Bertz CT molecular complexity index is 1400. The first-order valence-corrected chi connectivity index (χ1v) is 12.0. The largest absolute Gasteiger partial charge is 0.433 e. The third-order valence-corrected chi connectivity index (χ3v) is 6.23. The second kappa shape index (κ2) is 11.6. The molecule has 0 unspecified atom stereocenters. The number of carbonyl (C=O) groups excluding carboxylic acids is 2. The number of benzene rings is 1. The third kappa shape index (κ3) is 6.79. The fourth-order valence-corrected chi connectivity index (χ4v) is 3.98. The molecule has 37 heavy (non-hydrogen) atoms. The van der Waals surface area contributed by atoms with Gasteiger partial charge in [-0.3, -0.25) is 19.6 Å². The summed E-state index contributed by atoms with van der Waals surface area (Å²) < 4.78 is 41.1. The lowest BCUT2D eigenvalue weighted by atomic mass is 10.0. The normalized spacial score (nSPS) is 12.8. The maximum absolute atomic E-state index is 13.5. The predicted molar refractivity (Wildman–Crippen MR) is 140 cm³/mol. The molecule has 0 saturated heterocycles. The lowest BCUT2D eigenvalue weighted by Gasteiger charge is -2.16. The number of pyridine rings is 2. The van der Waals surface area contributed by atoms with Crippen molar-refractivity contribution in [2.45, 2.75) is 32.9 Å². The average molecular weight is 576 g/mol. The highest BCUT2D eigenvalue weighted by Gasteiger charge is 2.34. The van der Waals surface area contributed by atoms with Crippen LogP contribution in [-0.2, 0) is 12.6 Å². The van der Waals surface area contributed by atoms with E-state index in [-0.39, 0.29) is 22.4 Å². The highest BCUT2D eigenvalue weighted by molar-refractivity contribution is 9.10. The number of aryl methyl sites for hydroxylation is 1. The summed E-state index contributed by atoms with van der Waals surface area (Å²) in [6, 6.07) is 8.73. The van der Waals surface area contributed by atoms with E-state index in [1.807, 2.05) is 6.92 Å². The maximum atomic E-state index is 13.5. The first kappa shape index (κ1) is 28.0. The van der Waals surface area contributed by atoms with Gasteiger partial charge in [0.1, 0.15) is 5.69 Å². The zero-order valence-corrected chi connectivity index (χ0v) is 22.2. The van der Waals surface area contributed by atoms with Crippen LogP contribution in [0.4, 0.5) is 13.2 Å². The first-order chi connectivity index (χ1) is 17.4. The van der Waals surface area contributed by atoms with Crippen LogP contribution < -0.4 is 10.6 Å². The monoisotopic (exact) mass is 575 g/mol. The van der Waals surface area contributed by atoms with Crippen LogP contribution >= 0.6 is 15.9 Å². The number of nitrogens with zero attached hydrogens (tertiary/aromatic N) is 3. The average Bonchev–Trinajstić information content (AvgIpc) is 2.88. The second-order valence-electron chi connectivity index (χ2n) is 8.25. The van der Waals surface area contributed by atoms with Gasteiger partial charge in [-0.2, -0.15) is 13.2 Å². The number of hydrogen-bond acceptors (Lipinski definition) is 5. The number of allylic oxidation sites excluding steroid dienone is 2. The summed E-state index contributed by atoms with van der Waals surface area (Å²) in [5, 5.41) is 5.58. The number of amides is 2. The minimum atomic E-state index is -4.72. The number of fused-ring (bicyclic) bond motifs is 1. The highest BCUT2D eigenvalue weighted by Crippen LogP contribution is 2.32. The van der Waals surface area contributed by atoms with Gasteiger partial charge in [0.25, 0.3) is 11.8 Å². The van der Waals surface area contributed by atoms with Crippen LogP contribution in [0.1, 0.15) is 52.4 Å². The van der Waals surface area contributed by atoms with Crippen LogP contribution in [0, 0.1) is 0 Å². The molecule has 0 aliphatic heterocycles. The van der Waals surface area contributed by atoms with E-state index in [1.165, 1.54) is 19.3 Å². The van der Waals surface area contributed by atoms with Crippen LogP contribution in [0.25, 0.3) is 10.9 Å². The molecule has 0 radical (unpaired) electrons. The number of rotatable bonds is 7. The molecule has 3 rings (SSSR count). The van der Waals surface area contributed by atoms with Crippen molar-refractivity contribution >= 4 is 44.4 Å². The van der Waals surface area contributed by atoms with Crippen molar-refractivity contribution in [3.8, 4) is 0 Å². The van der Waals surface area contributed by atoms with Gasteiger partial charge in [0.15, 0.2) is 0 Å². The lowest BCUT2D eigenvalue weighted by molar-refractivity contribution is -0.141. The molecule has 0 aliphatic rings. The fraction of sp³-hybridized carbons (Fsp3) is 0.269. The molecule has 2 aromatic heterocycles. The van der Waals surface area contributed by atoms with Gasteiger partial charge >= 0.3 is 6.18 Å². The molecule has 2 amide bonds. The summed E-state index contributed by atoms with van der Waals surface area (Å²) in [6.07, 6.45) is -2.23. The third-order valence-electron chi connectivity index (χ3n) is 5.74. The molecular formula is C26H25BrF3N5O2. The number of aromatic nitrogens is 2. The van der Waals surface area contributed by atoms with Crippen molar-refractivity contribution in [3.05, 3.63) is 80.9 Å². The number of hydrogen-bond donors (Lipinski definition) is 2. The first-order valence-electron chi connectivity index (χ1n) is 11.2. The second-order valence-corrected chi connectivity index (χ2v) is 9.17. The lowest BCUT2D eigenvalue weighted by Crippen LogP contribution is -2.28. The van der Waals surface area contributed by atoms with E-state index in [0.717, 1.165) is 17.3 Å².